The van der Waals surface area contributed by atoms with Crippen molar-refractivity contribution in [2.75, 3.05) is 0 Å². The highest BCUT2D eigenvalue weighted by Crippen LogP contribution is 2.53. The fraction of sp³-hybridized carbons (Fsp3) is 0.143. The predicted molar refractivity (Wildman–Crippen MR) is 134 cm³/mol. The molecule has 0 bridgehead atoms. The van der Waals surface area contributed by atoms with Gasteiger partial charge in [-0.15, -0.1) is 0 Å². The molecule has 0 radical (unpaired) electrons. The van der Waals surface area contributed by atoms with Crippen molar-refractivity contribution >= 4 is 143 Å². The number of benzene rings is 2. The fourth-order valence-electron chi connectivity index (χ4n) is 1.55. The van der Waals surface area contributed by atoms with Gasteiger partial charge in [0.05, 0.1) is 13.4 Å². The van der Waals surface area contributed by atoms with Gasteiger partial charge in [-0.1, -0.05) is 12.1 Å². The van der Waals surface area contributed by atoms with Crippen LogP contribution < -0.4 is 9.47 Å². The number of hydrogen-bond acceptors (Lipinski definition) is 2. The van der Waals surface area contributed by atoms with Gasteiger partial charge in [0.15, 0.2) is 0 Å². The standard InChI is InChI=1S/C14H5Br9O2/c15-6-3-1-2-4-8(6)24-13(20,21)14(22,23)25-9-5-7(16)10(17)12(19)11(9)18/h1-5H. The van der Waals surface area contributed by atoms with Gasteiger partial charge in [-0.3, -0.25) is 0 Å². The van der Waals surface area contributed by atoms with Crippen LogP contribution in [0, 0.1) is 0 Å². The summed E-state index contributed by atoms with van der Waals surface area (Å²) in [6, 6.07) is 9.32. The third kappa shape index (κ3) is 5.71. The molecule has 2 aromatic carbocycles. The van der Waals surface area contributed by atoms with Crippen LogP contribution in [0.15, 0.2) is 52.7 Å². The van der Waals surface area contributed by atoms with Gasteiger partial charge in [0.1, 0.15) is 11.5 Å². The highest BCUT2D eigenvalue weighted by molar-refractivity contribution is 9.30. The first kappa shape index (κ1) is 23.6. The summed E-state index contributed by atoms with van der Waals surface area (Å²) >= 11 is 31.5. The van der Waals surface area contributed by atoms with Crippen LogP contribution in [0.3, 0.4) is 0 Å². The quantitative estimate of drug-likeness (QED) is 0.169. The summed E-state index contributed by atoms with van der Waals surface area (Å²) in [5.41, 5.74) is 0. The summed E-state index contributed by atoms with van der Waals surface area (Å²) in [7, 11) is 0. The Morgan fingerprint density at radius 1 is 0.600 bits per heavy atom. The lowest BCUT2D eigenvalue weighted by Crippen LogP contribution is -2.44. The van der Waals surface area contributed by atoms with Gasteiger partial charge in [0, 0.05) is 8.95 Å². The highest BCUT2D eigenvalue weighted by atomic mass is 79.9. The summed E-state index contributed by atoms with van der Waals surface area (Å²) in [6.07, 6.45) is 0. The van der Waals surface area contributed by atoms with Crippen molar-refractivity contribution in [3.05, 3.63) is 52.7 Å². The monoisotopic (exact) mass is 915 g/mol. The summed E-state index contributed by atoms with van der Waals surface area (Å²) in [5.74, 6) is 1.19. The molecule has 25 heavy (non-hydrogen) atoms. The van der Waals surface area contributed by atoms with Gasteiger partial charge < -0.3 is 9.47 Å². The van der Waals surface area contributed by atoms with Gasteiger partial charge in [0.2, 0.25) is 0 Å². The van der Waals surface area contributed by atoms with Crippen molar-refractivity contribution in [3.8, 4) is 11.5 Å². The molecule has 0 aliphatic carbocycles. The van der Waals surface area contributed by atoms with Crippen LogP contribution in [0.25, 0.3) is 0 Å². The molecule has 0 N–H and O–H groups in total. The first-order valence-electron chi connectivity index (χ1n) is 6.17. The molecule has 136 valence electrons. The van der Waals surface area contributed by atoms with E-state index in [0.29, 0.717) is 11.5 Å². The van der Waals surface area contributed by atoms with Crippen LogP contribution in [-0.4, -0.2) is 6.84 Å². The average Bonchev–Trinajstić information content (AvgIpc) is 2.52. The van der Waals surface area contributed by atoms with Crippen molar-refractivity contribution in [2.24, 2.45) is 0 Å². The Morgan fingerprint density at radius 2 is 1.12 bits per heavy atom. The van der Waals surface area contributed by atoms with E-state index in [9.17, 15) is 0 Å². The smallest absolute Gasteiger partial charge is 0.277 e. The molecule has 0 aliphatic rings. The zero-order valence-electron chi connectivity index (χ0n) is 11.6. The maximum absolute atomic E-state index is 6.10. The van der Waals surface area contributed by atoms with Crippen LogP contribution in [0.1, 0.15) is 0 Å². The summed E-state index contributed by atoms with van der Waals surface area (Å²) in [5, 5.41) is 0. The minimum Gasteiger partial charge on any atom is -0.459 e. The number of hydrogen-bond donors (Lipinski definition) is 0. The topological polar surface area (TPSA) is 18.5 Å². The van der Waals surface area contributed by atoms with E-state index >= 15 is 0 Å². The number of rotatable bonds is 5. The summed E-state index contributed by atoms with van der Waals surface area (Å²) in [6.45, 7) is 0. The highest BCUT2D eigenvalue weighted by Gasteiger charge is 2.51. The number of ether oxygens (including phenoxy) is 2. The van der Waals surface area contributed by atoms with E-state index in [4.69, 9.17) is 9.47 Å². The average molecular weight is 924 g/mol. The molecule has 0 saturated carbocycles. The first-order chi connectivity index (χ1) is 11.5. The van der Waals surface area contributed by atoms with Crippen molar-refractivity contribution in [1.29, 1.82) is 0 Å². The Morgan fingerprint density at radius 3 is 1.68 bits per heavy atom. The molecule has 2 aromatic rings. The Labute approximate surface area is 220 Å². The zero-order valence-corrected chi connectivity index (χ0v) is 25.9. The lowest BCUT2D eigenvalue weighted by atomic mass is 10.3. The molecule has 0 amide bonds. The third-order valence-corrected chi connectivity index (χ3v) is 13.0. The maximum atomic E-state index is 6.10. The number of halogens is 9. The molecule has 0 saturated heterocycles. The molecule has 0 unspecified atom stereocenters. The Bertz CT molecular complexity index is 792. The molecular weight excluding hydrogens is 919 g/mol. The Kier molecular flexibility index (Phi) is 8.93. The summed E-state index contributed by atoms with van der Waals surface area (Å²) in [4.78, 5) is 0. The minimum atomic E-state index is -1.16. The molecule has 11 heteroatoms. The largest absolute Gasteiger partial charge is 0.459 e. The zero-order chi connectivity index (χ0) is 19.0. The van der Waals surface area contributed by atoms with Gasteiger partial charge in [-0.2, -0.15) is 0 Å². The van der Waals surface area contributed by atoms with E-state index in [1.807, 2.05) is 30.3 Å². The molecule has 2 rings (SSSR count). The van der Waals surface area contributed by atoms with Crippen molar-refractivity contribution in [2.45, 2.75) is 6.84 Å². The SMILES string of the molecule is Brc1ccccc1OC(Br)(Br)C(Br)(Br)Oc1cc(Br)c(Br)c(Br)c1Br. The van der Waals surface area contributed by atoms with Crippen LogP contribution in [-0.2, 0) is 0 Å². The lowest BCUT2D eigenvalue weighted by Gasteiger charge is -2.35. The van der Waals surface area contributed by atoms with E-state index in [2.05, 4.69) is 143 Å². The van der Waals surface area contributed by atoms with Gasteiger partial charge in [0.25, 0.3) is 6.84 Å². The van der Waals surface area contributed by atoms with Crippen LogP contribution >= 0.6 is 143 Å². The molecule has 0 aromatic heterocycles. The normalized spacial score (nSPS) is 12.2. The van der Waals surface area contributed by atoms with Gasteiger partial charge >= 0.3 is 0 Å². The van der Waals surface area contributed by atoms with Crippen molar-refractivity contribution in [1.82, 2.24) is 0 Å². The number of alkyl halides is 4. The van der Waals surface area contributed by atoms with E-state index < -0.39 is 6.84 Å². The molecule has 0 heterocycles. The first-order valence-corrected chi connectivity index (χ1v) is 13.3. The van der Waals surface area contributed by atoms with E-state index in [0.717, 1.165) is 22.4 Å². The van der Waals surface area contributed by atoms with Crippen LogP contribution in [0.2, 0.25) is 0 Å². The maximum Gasteiger partial charge on any atom is 0.277 e. The van der Waals surface area contributed by atoms with E-state index in [-0.39, 0.29) is 0 Å². The molecule has 0 aliphatic heterocycles. The van der Waals surface area contributed by atoms with E-state index in [1.54, 1.807) is 0 Å². The summed E-state index contributed by atoms with van der Waals surface area (Å²) < 4.78 is 13.9. The van der Waals surface area contributed by atoms with Gasteiger partial charge in [-0.25, -0.2) is 0 Å². The lowest BCUT2D eigenvalue weighted by molar-refractivity contribution is 0.141. The van der Waals surface area contributed by atoms with Crippen molar-refractivity contribution < 1.29 is 9.47 Å². The van der Waals surface area contributed by atoms with Crippen molar-refractivity contribution in [3.63, 3.8) is 0 Å². The van der Waals surface area contributed by atoms with Crippen LogP contribution in [0.4, 0.5) is 0 Å². The predicted octanol–water partition coefficient (Wildman–Crippen LogP) is 9.84. The molecule has 0 spiro atoms. The van der Waals surface area contributed by atoms with Crippen LogP contribution in [0.5, 0.6) is 11.5 Å². The Balaban J connectivity index is 2.33. The van der Waals surface area contributed by atoms with E-state index in [1.165, 1.54) is 0 Å². The second-order valence-electron chi connectivity index (χ2n) is 4.47. The molecule has 0 fully saturated rings. The molecule has 2 nitrogen and oxygen atoms in total. The Hall–Kier alpha value is 2.36. The number of para-hydroxylation sites is 1. The molecule has 0 atom stereocenters. The third-order valence-electron chi connectivity index (χ3n) is 2.72. The molecular formula is C14H5Br9O2. The fourth-order valence-corrected chi connectivity index (χ4v) is 4.99. The second kappa shape index (κ2) is 9.45. The second-order valence-corrected chi connectivity index (χ2v) is 15.1. The minimum absolute atomic E-state index is 0.565. The van der Waals surface area contributed by atoms with Gasteiger partial charge in [-0.05, 0) is 162 Å².